The Hall–Kier alpha value is -2.85. The van der Waals surface area contributed by atoms with E-state index in [4.69, 9.17) is 16.6 Å². The average molecular weight is 349 g/mol. The van der Waals surface area contributed by atoms with Gasteiger partial charge in [0.1, 0.15) is 11.5 Å². The summed E-state index contributed by atoms with van der Waals surface area (Å²) in [5, 5.41) is 5.03. The third-order valence-electron chi connectivity index (χ3n) is 4.19. The molecule has 5 heteroatoms. The van der Waals surface area contributed by atoms with Crippen LogP contribution in [0.3, 0.4) is 0 Å². The minimum atomic E-state index is 0.169. The number of rotatable bonds is 4. The van der Waals surface area contributed by atoms with Crippen molar-refractivity contribution in [3.63, 3.8) is 0 Å². The number of benzene rings is 1. The lowest BCUT2D eigenvalue weighted by Crippen LogP contribution is -2.07. The Kier molecular flexibility index (Phi) is 4.12. The van der Waals surface area contributed by atoms with Crippen LogP contribution in [-0.4, -0.2) is 15.0 Å². The molecule has 0 radical (unpaired) electrons. The number of pyridine rings is 2. The fourth-order valence-corrected chi connectivity index (χ4v) is 3.06. The van der Waals surface area contributed by atoms with Crippen LogP contribution in [0, 0.1) is 0 Å². The van der Waals surface area contributed by atoms with Crippen molar-refractivity contribution in [2.45, 2.75) is 13.0 Å². The van der Waals surface area contributed by atoms with Crippen LogP contribution in [0.2, 0.25) is 5.02 Å². The molecule has 124 valence electrons. The van der Waals surface area contributed by atoms with Crippen LogP contribution in [0.1, 0.15) is 18.5 Å². The van der Waals surface area contributed by atoms with Gasteiger partial charge in [0.05, 0.1) is 10.7 Å². The number of halogens is 1. The first-order valence-electron chi connectivity index (χ1n) is 8.12. The molecule has 0 aliphatic rings. The summed E-state index contributed by atoms with van der Waals surface area (Å²) in [4.78, 5) is 12.2. The van der Waals surface area contributed by atoms with Gasteiger partial charge in [-0.1, -0.05) is 48.0 Å². The molecular formula is C20H17ClN4. The lowest BCUT2D eigenvalue weighted by molar-refractivity contribution is 0.875. The molecule has 0 saturated carbocycles. The number of hydrogen-bond donors (Lipinski definition) is 2. The maximum Gasteiger partial charge on any atom is 0.138 e. The molecular weight excluding hydrogens is 332 g/mol. The maximum absolute atomic E-state index is 6.09. The van der Waals surface area contributed by atoms with Crippen molar-refractivity contribution in [3.05, 3.63) is 77.6 Å². The molecule has 0 aliphatic carbocycles. The van der Waals surface area contributed by atoms with Gasteiger partial charge < -0.3 is 10.3 Å². The van der Waals surface area contributed by atoms with Gasteiger partial charge >= 0.3 is 0 Å². The van der Waals surface area contributed by atoms with E-state index in [0.29, 0.717) is 5.02 Å². The van der Waals surface area contributed by atoms with Gasteiger partial charge in [0.2, 0.25) is 0 Å². The zero-order valence-electron chi connectivity index (χ0n) is 13.7. The molecule has 2 N–H and O–H groups in total. The molecule has 1 atom stereocenters. The molecule has 3 heterocycles. The number of nitrogens with one attached hydrogen (secondary N) is 2. The predicted octanol–water partition coefficient (Wildman–Crippen LogP) is 5.45. The van der Waals surface area contributed by atoms with Gasteiger partial charge in [-0.3, -0.25) is 0 Å². The van der Waals surface area contributed by atoms with E-state index in [-0.39, 0.29) is 6.04 Å². The van der Waals surface area contributed by atoms with Gasteiger partial charge in [0.15, 0.2) is 0 Å². The van der Waals surface area contributed by atoms with Crippen LogP contribution in [-0.2, 0) is 0 Å². The van der Waals surface area contributed by atoms with E-state index in [9.17, 15) is 0 Å². The number of H-pyrrole nitrogens is 1. The van der Waals surface area contributed by atoms with E-state index in [1.165, 1.54) is 5.56 Å². The van der Waals surface area contributed by atoms with Crippen LogP contribution in [0.25, 0.3) is 22.3 Å². The van der Waals surface area contributed by atoms with Gasteiger partial charge in [-0.25, -0.2) is 9.97 Å². The van der Waals surface area contributed by atoms with Gasteiger partial charge in [0, 0.05) is 29.4 Å². The lowest BCUT2D eigenvalue weighted by Gasteiger charge is -2.15. The Balaban J connectivity index is 1.66. The summed E-state index contributed by atoms with van der Waals surface area (Å²) in [6.07, 6.45) is 3.55. The Morgan fingerprint density at radius 1 is 1.08 bits per heavy atom. The summed E-state index contributed by atoms with van der Waals surface area (Å²) in [7, 11) is 0. The standard InChI is InChI=1S/C20H17ClN4/c1-13(14-6-3-2-4-7-14)24-19-9-5-8-18(25-19)17-12-23-20-16(17)10-15(21)11-22-20/h2-13H,1H3,(H,22,23)(H,24,25)/t13-/m0/s1. The molecule has 0 amide bonds. The normalized spacial score (nSPS) is 12.2. The quantitative estimate of drug-likeness (QED) is 0.515. The summed E-state index contributed by atoms with van der Waals surface area (Å²) in [5.41, 5.74) is 3.89. The Bertz CT molecular complexity index is 1010. The van der Waals surface area contributed by atoms with Gasteiger partial charge in [-0.2, -0.15) is 0 Å². The number of anilines is 1. The minimum Gasteiger partial charge on any atom is -0.364 e. The highest BCUT2D eigenvalue weighted by molar-refractivity contribution is 6.31. The second-order valence-electron chi connectivity index (χ2n) is 5.94. The highest BCUT2D eigenvalue weighted by Crippen LogP contribution is 2.29. The first-order valence-corrected chi connectivity index (χ1v) is 8.50. The molecule has 0 fully saturated rings. The summed E-state index contributed by atoms with van der Waals surface area (Å²) in [6.45, 7) is 2.12. The molecule has 0 aliphatic heterocycles. The summed E-state index contributed by atoms with van der Waals surface area (Å²) >= 11 is 6.09. The number of aromatic nitrogens is 3. The zero-order valence-corrected chi connectivity index (χ0v) is 14.5. The smallest absolute Gasteiger partial charge is 0.138 e. The van der Waals surface area contributed by atoms with Crippen LogP contribution in [0.15, 0.2) is 67.0 Å². The number of fused-ring (bicyclic) bond motifs is 1. The molecule has 4 nitrogen and oxygen atoms in total. The van der Waals surface area contributed by atoms with Crippen molar-refractivity contribution in [2.75, 3.05) is 5.32 Å². The fraction of sp³-hybridized carbons (Fsp3) is 0.100. The molecule has 25 heavy (non-hydrogen) atoms. The first-order chi connectivity index (χ1) is 12.2. The Labute approximate surface area is 150 Å². The largest absolute Gasteiger partial charge is 0.364 e. The van der Waals surface area contributed by atoms with E-state index >= 15 is 0 Å². The Morgan fingerprint density at radius 3 is 2.76 bits per heavy atom. The second kappa shape index (κ2) is 6.57. The molecule has 3 aromatic heterocycles. The highest BCUT2D eigenvalue weighted by atomic mass is 35.5. The van der Waals surface area contributed by atoms with Crippen molar-refractivity contribution in [1.82, 2.24) is 15.0 Å². The molecule has 0 unspecified atom stereocenters. The van der Waals surface area contributed by atoms with Crippen molar-refractivity contribution in [2.24, 2.45) is 0 Å². The summed E-state index contributed by atoms with van der Waals surface area (Å²) < 4.78 is 0. The van der Waals surface area contributed by atoms with E-state index < -0.39 is 0 Å². The van der Waals surface area contributed by atoms with Crippen molar-refractivity contribution in [1.29, 1.82) is 0 Å². The third kappa shape index (κ3) is 3.21. The van der Waals surface area contributed by atoms with E-state index in [2.05, 4.69) is 34.3 Å². The Morgan fingerprint density at radius 2 is 1.92 bits per heavy atom. The van der Waals surface area contributed by atoms with Gasteiger partial charge in [0.25, 0.3) is 0 Å². The highest BCUT2D eigenvalue weighted by Gasteiger charge is 2.11. The number of aromatic amines is 1. The SMILES string of the molecule is C[C@H](Nc1cccc(-c2c[nH]c3ncc(Cl)cc23)n1)c1ccccc1. The van der Waals surface area contributed by atoms with E-state index in [0.717, 1.165) is 28.1 Å². The van der Waals surface area contributed by atoms with Gasteiger partial charge in [-0.15, -0.1) is 0 Å². The average Bonchev–Trinajstić information content (AvgIpc) is 3.05. The number of nitrogens with zero attached hydrogens (tertiary/aromatic N) is 2. The molecule has 0 bridgehead atoms. The fourth-order valence-electron chi connectivity index (χ4n) is 2.90. The van der Waals surface area contributed by atoms with Crippen LogP contribution in [0.4, 0.5) is 5.82 Å². The monoisotopic (exact) mass is 348 g/mol. The van der Waals surface area contributed by atoms with Crippen LogP contribution < -0.4 is 5.32 Å². The molecule has 0 saturated heterocycles. The second-order valence-corrected chi connectivity index (χ2v) is 6.37. The molecule has 4 rings (SSSR count). The summed E-state index contributed by atoms with van der Waals surface area (Å²) in [5.74, 6) is 0.832. The van der Waals surface area contributed by atoms with Crippen LogP contribution >= 0.6 is 11.6 Å². The van der Waals surface area contributed by atoms with Gasteiger partial charge in [-0.05, 0) is 30.7 Å². The molecule has 4 aromatic rings. The first kappa shape index (κ1) is 15.7. The molecule has 1 aromatic carbocycles. The molecule has 0 spiro atoms. The number of hydrogen-bond acceptors (Lipinski definition) is 3. The van der Waals surface area contributed by atoms with Crippen LogP contribution in [0.5, 0.6) is 0 Å². The minimum absolute atomic E-state index is 0.169. The van der Waals surface area contributed by atoms with E-state index in [1.807, 2.05) is 48.7 Å². The van der Waals surface area contributed by atoms with E-state index in [1.54, 1.807) is 6.20 Å². The zero-order chi connectivity index (χ0) is 17.2. The van der Waals surface area contributed by atoms with Crippen molar-refractivity contribution in [3.8, 4) is 11.3 Å². The van der Waals surface area contributed by atoms with Crippen molar-refractivity contribution < 1.29 is 0 Å². The maximum atomic E-state index is 6.09. The van der Waals surface area contributed by atoms with Crippen molar-refractivity contribution >= 4 is 28.5 Å². The topological polar surface area (TPSA) is 53.6 Å². The lowest BCUT2D eigenvalue weighted by atomic mass is 10.1. The third-order valence-corrected chi connectivity index (χ3v) is 4.39. The predicted molar refractivity (Wildman–Crippen MR) is 103 cm³/mol. The summed E-state index contributed by atoms with van der Waals surface area (Å²) in [6, 6.07) is 18.4.